The Kier molecular flexibility index (Phi) is 7.46. The largest absolute Gasteiger partial charge is 0.488 e. The van der Waals surface area contributed by atoms with E-state index >= 15 is 0 Å². The maximum Gasteiger partial charge on any atom is 0.261 e. The van der Waals surface area contributed by atoms with E-state index in [1.54, 1.807) is 6.08 Å². The lowest BCUT2D eigenvalue weighted by Crippen LogP contribution is -2.26. The number of halogens is 1. The number of nitriles is 1. The van der Waals surface area contributed by atoms with E-state index in [-0.39, 0.29) is 5.57 Å². The van der Waals surface area contributed by atoms with Crippen LogP contribution in [0.4, 0.5) is 0 Å². The fraction of sp³-hybridized carbons (Fsp3) is 0.143. The predicted octanol–water partition coefficient (Wildman–Crippen LogP) is 6.08. The summed E-state index contributed by atoms with van der Waals surface area (Å²) in [6.07, 6.45) is 4.18. The number of aryl methyl sites for hydroxylation is 1. The molecular weight excluding hydrogens is 490 g/mol. The molecule has 170 valence electrons. The molecule has 34 heavy (non-hydrogen) atoms. The number of aromatic amines is 1. The lowest BCUT2D eigenvalue weighted by Gasteiger charge is -2.11. The number of para-hydroxylation sites is 1. The maximum atomic E-state index is 12.7. The number of nitrogens with zero attached hydrogens (tertiary/aromatic N) is 1. The van der Waals surface area contributed by atoms with Gasteiger partial charge in [-0.3, -0.25) is 4.79 Å². The molecule has 0 saturated carbocycles. The van der Waals surface area contributed by atoms with Crippen molar-refractivity contribution < 1.29 is 9.53 Å². The van der Waals surface area contributed by atoms with Crippen molar-refractivity contribution in [2.24, 2.45) is 0 Å². The minimum Gasteiger partial charge on any atom is -0.488 e. The zero-order chi connectivity index (χ0) is 23.9. The molecule has 0 fully saturated rings. The van der Waals surface area contributed by atoms with Crippen molar-refractivity contribution in [3.63, 3.8) is 0 Å². The number of hydrogen-bond donors (Lipinski definition) is 2. The average molecular weight is 514 g/mol. The van der Waals surface area contributed by atoms with Crippen LogP contribution in [0.5, 0.6) is 5.75 Å². The molecule has 1 amide bonds. The van der Waals surface area contributed by atoms with Gasteiger partial charge >= 0.3 is 0 Å². The van der Waals surface area contributed by atoms with Gasteiger partial charge in [-0.1, -0.05) is 64.0 Å². The number of benzene rings is 3. The Labute approximate surface area is 207 Å². The molecule has 1 heterocycles. The summed E-state index contributed by atoms with van der Waals surface area (Å²) >= 11 is 3.46. The van der Waals surface area contributed by atoms with Crippen molar-refractivity contribution in [3.8, 4) is 11.8 Å². The first-order valence-corrected chi connectivity index (χ1v) is 11.8. The molecule has 0 unspecified atom stereocenters. The molecule has 0 saturated heterocycles. The average Bonchev–Trinajstić information content (AvgIpc) is 3.26. The van der Waals surface area contributed by atoms with Gasteiger partial charge in [0, 0.05) is 33.7 Å². The van der Waals surface area contributed by atoms with Gasteiger partial charge in [-0.25, -0.2) is 0 Å². The second kappa shape index (κ2) is 10.9. The van der Waals surface area contributed by atoms with Crippen LogP contribution >= 0.6 is 15.9 Å². The second-order valence-corrected chi connectivity index (χ2v) is 8.91. The third-order valence-electron chi connectivity index (χ3n) is 5.51. The van der Waals surface area contributed by atoms with Gasteiger partial charge in [0.2, 0.25) is 0 Å². The predicted molar refractivity (Wildman–Crippen MR) is 138 cm³/mol. The second-order valence-electron chi connectivity index (χ2n) is 7.99. The summed E-state index contributed by atoms with van der Waals surface area (Å²) < 4.78 is 6.84. The van der Waals surface area contributed by atoms with Crippen molar-refractivity contribution >= 4 is 38.8 Å². The van der Waals surface area contributed by atoms with Gasteiger partial charge in [0.25, 0.3) is 5.91 Å². The summed E-state index contributed by atoms with van der Waals surface area (Å²) in [7, 11) is 0. The number of nitrogens with one attached hydrogen (secondary N) is 2. The number of H-pyrrole nitrogens is 1. The molecule has 0 bridgehead atoms. The van der Waals surface area contributed by atoms with E-state index in [0.717, 1.165) is 26.5 Å². The fourth-order valence-electron chi connectivity index (χ4n) is 3.66. The highest BCUT2D eigenvalue weighted by molar-refractivity contribution is 9.10. The number of carbonyl (C=O) groups excluding carboxylic acids is 1. The van der Waals surface area contributed by atoms with Gasteiger partial charge in [0.05, 0.1) is 0 Å². The van der Waals surface area contributed by atoms with Crippen molar-refractivity contribution in [2.45, 2.75) is 20.0 Å². The first-order chi connectivity index (χ1) is 16.5. The lowest BCUT2D eigenvalue weighted by molar-refractivity contribution is -0.117. The van der Waals surface area contributed by atoms with Crippen LogP contribution in [0.3, 0.4) is 0 Å². The van der Waals surface area contributed by atoms with Crippen molar-refractivity contribution in [1.29, 1.82) is 5.26 Å². The fourth-order valence-corrected chi connectivity index (χ4v) is 4.04. The molecule has 4 aromatic rings. The molecule has 0 aliphatic carbocycles. The van der Waals surface area contributed by atoms with E-state index in [1.165, 1.54) is 5.56 Å². The van der Waals surface area contributed by atoms with Crippen LogP contribution in [-0.2, 0) is 17.8 Å². The highest BCUT2D eigenvalue weighted by Crippen LogP contribution is 2.26. The number of rotatable bonds is 8. The van der Waals surface area contributed by atoms with Crippen molar-refractivity contribution in [3.05, 3.63) is 105 Å². The molecular formula is C28H24BrN3O2. The number of aromatic nitrogens is 1. The Bertz CT molecular complexity index is 1380. The summed E-state index contributed by atoms with van der Waals surface area (Å²) in [5.74, 6) is 0.190. The van der Waals surface area contributed by atoms with Crippen LogP contribution in [0.1, 0.15) is 22.3 Å². The van der Waals surface area contributed by atoms with E-state index in [0.29, 0.717) is 30.9 Å². The van der Waals surface area contributed by atoms with Crippen molar-refractivity contribution in [1.82, 2.24) is 10.3 Å². The standard InChI is InChI=1S/C28H24BrN3O2/c1-19-6-8-20(9-7-19)18-34-27-11-10-24(29)15-22(27)14-23(16-30)28(33)31-13-12-21-17-32-26-5-3-2-4-25(21)26/h2-11,14-15,17,32H,12-13,18H2,1H3,(H,31,33)/b23-14-. The van der Waals surface area contributed by atoms with Crippen LogP contribution in [-0.4, -0.2) is 17.4 Å². The quantitative estimate of drug-likeness (QED) is 0.221. The summed E-state index contributed by atoms with van der Waals surface area (Å²) in [5.41, 5.74) is 5.10. The van der Waals surface area contributed by atoms with Gasteiger partial charge in [-0.2, -0.15) is 5.26 Å². The maximum absolute atomic E-state index is 12.7. The van der Waals surface area contributed by atoms with Crippen LogP contribution in [0.25, 0.3) is 17.0 Å². The first kappa shape index (κ1) is 23.3. The summed E-state index contributed by atoms with van der Waals surface area (Å²) in [4.78, 5) is 16.0. The zero-order valence-electron chi connectivity index (χ0n) is 18.8. The summed E-state index contributed by atoms with van der Waals surface area (Å²) in [6, 6.07) is 23.7. The van der Waals surface area contributed by atoms with Crippen molar-refractivity contribution in [2.75, 3.05) is 6.54 Å². The Morgan fingerprint density at radius 3 is 2.74 bits per heavy atom. The molecule has 6 heteroatoms. The molecule has 2 N–H and O–H groups in total. The Balaban J connectivity index is 1.44. The van der Waals surface area contributed by atoms with E-state index in [2.05, 4.69) is 32.3 Å². The summed E-state index contributed by atoms with van der Waals surface area (Å²) in [6.45, 7) is 2.85. The first-order valence-electron chi connectivity index (χ1n) is 11.0. The Hall–Kier alpha value is -3.82. The number of fused-ring (bicyclic) bond motifs is 1. The summed E-state index contributed by atoms with van der Waals surface area (Å²) in [5, 5.41) is 13.6. The number of hydrogen-bond acceptors (Lipinski definition) is 3. The normalized spacial score (nSPS) is 11.3. The van der Waals surface area contributed by atoms with E-state index in [4.69, 9.17) is 4.74 Å². The van der Waals surface area contributed by atoms with Gasteiger partial charge in [0.1, 0.15) is 24.0 Å². The molecule has 4 rings (SSSR count). The molecule has 0 aliphatic heterocycles. The molecule has 0 aliphatic rings. The Morgan fingerprint density at radius 2 is 1.94 bits per heavy atom. The highest BCUT2D eigenvalue weighted by Gasteiger charge is 2.12. The molecule has 0 radical (unpaired) electrons. The number of amides is 1. The van der Waals surface area contributed by atoms with E-state index < -0.39 is 5.91 Å². The van der Waals surface area contributed by atoms with Gasteiger partial charge in [-0.15, -0.1) is 0 Å². The van der Waals surface area contributed by atoms with Crippen LogP contribution in [0.2, 0.25) is 0 Å². The number of ether oxygens (including phenoxy) is 1. The van der Waals surface area contributed by atoms with Crippen LogP contribution in [0.15, 0.2) is 83.0 Å². The van der Waals surface area contributed by atoms with Crippen LogP contribution in [0, 0.1) is 18.3 Å². The Morgan fingerprint density at radius 1 is 1.15 bits per heavy atom. The highest BCUT2D eigenvalue weighted by atomic mass is 79.9. The minimum atomic E-state index is -0.410. The third kappa shape index (κ3) is 5.75. The smallest absolute Gasteiger partial charge is 0.261 e. The molecule has 5 nitrogen and oxygen atoms in total. The molecule has 1 aromatic heterocycles. The topological polar surface area (TPSA) is 77.9 Å². The molecule has 0 spiro atoms. The van der Waals surface area contributed by atoms with Crippen LogP contribution < -0.4 is 10.1 Å². The minimum absolute atomic E-state index is 0.0252. The van der Waals surface area contributed by atoms with Gasteiger partial charge < -0.3 is 15.0 Å². The SMILES string of the molecule is Cc1ccc(COc2ccc(Br)cc2/C=C(/C#N)C(=O)NCCc2c[nH]c3ccccc23)cc1. The third-order valence-corrected chi connectivity index (χ3v) is 6.00. The lowest BCUT2D eigenvalue weighted by atomic mass is 10.1. The molecule has 3 aromatic carbocycles. The van der Waals surface area contributed by atoms with Gasteiger partial charge in [0.15, 0.2) is 0 Å². The zero-order valence-corrected chi connectivity index (χ0v) is 20.4. The van der Waals surface area contributed by atoms with E-state index in [9.17, 15) is 10.1 Å². The monoisotopic (exact) mass is 513 g/mol. The molecule has 0 atom stereocenters. The van der Waals surface area contributed by atoms with E-state index in [1.807, 2.05) is 79.9 Å². The van der Waals surface area contributed by atoms with Gasteiger partial charge in [-0.05, 0) is 54.8 Å². The number of carbonyl (C=O) groups is 1.